The number of fused-ring (bicyclic) bond motifs is 2. The van der Waals surface area contributed by atoms with Crippen LogP contribution in [0.3, 0.4) is 0 Å². The van der Waals surface area contributed by atoms with Crippen LogP contribution in [0, 0.1) is 17.8 Å². The summed E-state index contributed by atoms with van der Waals surface area (Å²) in [4.78, 5) is 19.6. The molecular weight excluding hydrogens is 298 g/mol. The normalized spacial score (nSPS) is 30.8. The quantitative estimate of drug-likeness (QED) is 0.552. The predicted molar refractivity (Wildman–Crippen MR) is 98.8 cm³/mol. The Hall–Kier alpha value is -1.13. The van der Waals surface area contributed by atoms with Crippen molar-refractivity contribution < 1.29 is 4.79 Å². The monoisotopic (exact) mass is 331 g/mol. The van der Waals surface area contributed by atoms with E-state index < -0.39 is 0 Å². The number of rotatable bonds is 6. The van der Waals surface area contributed by atoms with Gasteiger partial charge in [0.1, 0.15) is 0 Å². The molecule has 2 aliphatic carbocycles. The summed E-state index contributed by atoms with van der Waals surface area (Å²) >= 11 is 0. The third-order valence-corrected chi connectivity index (χ3v) is 5.99. The molecular formula is C20H33N3O. The Labute approximate surface area is 147 Å². The first-order chi connectivity index (χ1) is 11.5. The van der Waals surface area contributed by atoms with Gasteiger partial charge in [0, 0.05) is 25.2 Å². The zero-order chi connectivity index (χ0) is 17.1. The van der Waals surface area contributed by atoms with Crippen molar-refractivity contribution in [3.05, 3.63) is 24.3 Å². The number of likely N-dealkylation sites (N-methyl/N-ethyl adjacent to an activating group) is 1. The standard InChI is InChI=1S/C20H33N3O/c1-21(2)10-4-5-20(24)23(19-8-11-22(3)12-9-19)15-18-14-16-6-7-17(18)13-16/h4-7,16-19H,8-15H2,1-3H3/b5-4+. The minimum Gasteiger partial charge on any atom is -0.336 e. The summed E-state index contributed by atoms with van der Waals surface area (Å²) in [5, 5.41) is 0. The minimum atomic E-state index is 0.221. The Morgan fingerprint density at radius 3 is 2.54 bits per heavy atom. The van der Waals surface area contributed by atoms with Gasteiger partial charge in [-0.1, -0.05) is 18.2 Å². The molecule has 3 rings (SSSR count). The van der Waals surface area contributed by atoms with Crippen molar-refractivity contribution in [1.29, 1.82) is 0 Å². The number of hydrogen-bond donors (Lipinski definition) is 0. The van der Waals surface area contributed by atoms with E-state index in [9.17, 15) is 4.79 Å². The van der Waals surface area contributed by atoms with Gasteiger partial charge in [-0.05, 0) is 77.7 Å². The molecule has 1 amide bonds. The number of nitrogens with zero attached hydrogens (tertiary/aromatic N) is 3. The van der Waals surface area contributed by atoms with Gasteiger partial charge < -0.3 is 14.7 Å². The Balaban J connectivity index is 1.65. The molecule has 4 heteroatoms. The van der Waals surface area contributed by atoms with Crippen LogP contribution >= 0.6 is 0 Å². The van der Waals surface area contributed by atoms with Crippen LogP contribution < -0.4 is 0 Å². The molecule has 0 aromatic carbocycles. The molecule has 3 atom stereocenters. The second-order valence-corrected chi connectivity index (χ2v) is 8.23. The van der Waals surface area contributed by atoms with E-state index in [4.69, 9.17) is 0 Å². The number of carbonyl (C=O) groups excluding carboxylic acids is 1. The second-order valence-electron chi connectivity index (χ2n) is 8.23. The number of likely N-dealkylation sites (tertiary alicyclic amines) is 1. The molecule has 2 fully saturated rings. The molecule has 1 saturated heterocycles. The fraction of sp³-hybridized carbons (Fsp3) is 0.750. The van der Waals surface area contributed by atoms with Crippen molar-refractivity contribution in [2.75, 3.05) is 47.3 Å². The largest absolute Gasteiger partial charge is 0.336 e. The highest BCUT2D eigenvalue weighted by molar-refractivity contribution is 5.87. The number of allylic oxidation sites excluding steroid dienone is 2. The predicted octanol–water partition coefficient (Wildman–Crippen LogP) is 2.24. The van der Waals surface area contributed by atoms with Crippen LogP contribution in [0.1, 0.15) is 25.7 Å². The van der Waals surface area contributed by atoms with Crippen LogP contribution in [-0.4, -0.2) is 74.0 Å². The fourth-order valence-electron chi connectivity index (χ4n) is 4.54. The molecule has 1 saturated carbocycles. The zero-order valence-electron chi connectivity index (χ0n) is 15.5. The molecule has 0 aromatic heterocycles. The Morgan fingerprint density at radius 1 is 1.21 bits per heavy atom. The first-order valence-electron chi connectivity index (χ1n) is 9.51. The maximum atomic E-state index is 12.9. The summed E-state index contributed by atoms with van der Waals surface area (Å²) in [5.41, 5.74) is 0. The Morgan fingerprint density at radius 2 is 1.96 bits per heavy atom. The van der Waals surface area contributed by atoms with Crippen LogP contribution in [0.4, 0.5) is 0 Å². The number of amides is 1. The van der Waals surface area contributed by atoms with Crippen molar-refractivity contribution in [1.82, 2.24) is 14.7 Å². The minimum absolute atomic E-state index is 0.221. The van der Waals surface area contributed by atoms with Crippen molar-refractivity contribution >= 4 is 5.91 Å². The van der Waals surface area contributed by atoms with E-state index in [2.05, 4.69) is 33.9 Å². The first-order valence-corrected chi connectivity index (χ1v) is 9.51. The molecule has 0 spiro atoms. The second kappa shape index (κ2) is 7.83. The summed E-state index contributed by atoms with van der Waals surface area (Å²) in [7, 11) is 6.25. The van der Waals surface area contributed by atoms with Gasteiger partial charge in [0.15, 0.2) is 0 Å². The van der Waals surface area contributed by atoms with Crippen molar-refractivity contribution in [2.24, 2.45) is 17.8 Å². The van der Waals surface area contributed by atoms with Crippen LogP contribution in [0.15, 0.2) is 24.3 Å². The first kappa shape index (κ1) is 17.7. The third kappa shape index (κ3) is 4.28. The van der Waals surface area contributed by atoms with Gasteiger partial charge in [0.25, 0.3) is 0 Å². The highest BCUT2D eigenvalue weighted by Gasteiger charge is 2.38. The summed E-state index contributed by atoms with van der Waals surface area (Å²) in [6.07, 6.45) is 13.4. The average Bonchev–Trinajstić information content (AvgIpc) is 3.16. The number of carbonyl (C=O) groups is 1. The average molecular weight is 332 g/mol. The van der Waals surface area contributed by atoms with Gasteiger partial charge in [0.05, 0.1) is 0 Å². The highest BCUT2D eigenvalue weighted by Crippen LogP contribution is 2.44. The van der Waals surface area contributed by atoms with Gasteiger partial charge in [-0.25, -0.2) is 0 Å². The van der Waals surface area contributed by atoms with E-state index in [1.54, 1.807) is 6.08 Å². The molecule has 0 N–H and O–H groups in total. The van der Waals surface area contributed by atoms with E-state index in [1.807, 2.05) is 20.2 Å². The lowest BCUT2D eigenvalue weighted by atomic mass is 9.91. The van der Waals surface area contributed by atoms with Gasteiger partial charge in [-0.3, -0.25) is 4.79 Å². The lowest BCUT2D eigenvalue weighted by Crippen LogP contribution is -2.48. The topological polar surface area (TPSA) is 26.8 Å². The van der Waals surface area contributed by atoms with Gasteiger partial charge >= 0.3 is 0 Å². The third-order valence-electron chi connectivity index (χ3n) is 5.99. The van der Waals surface area contributed by atoms with E-state index in [-0.39, 0.29) is 5.91 Å². The van der Waals surface area contributed by atoms with Gasteiger partial charge in [-0.15, -0.1) is 0 Å². The molecule has 2 bridgehead atoms. The van der Waals surface area contributed by atoms with E-state index in [1.165, 1.54) is 12.8 Å². The maximum absolute atomic E-state index is 12.9. The van der Waals surface area contributed by atoms with Crippen molar-refractivity contribution in [3.8, 4) is 0 Å². The lowest BCUT2D eigenvalue weighted by molar-refractivity contribution is -0.130. The van der Waals surface area contributed by atoms with E-state index in [0.717, 1.165) is 44.9 Å². The summed E-state index contributed by atoms with van der Waals surface area (Å²) < 4.78 is 0. The number of piperidine rings is 1. The van der Waals surface area contributed by atoms with Crippen molar-refractivity contribution in [2.45, 2.75) is 31.7 Å². The van der Waals surface area contributed by atoms with Crippen LogP contribution in [0.5, 0.6) is 0 Å². The van der Waals surface area contributed by atoms with Crippen LogP contribution in [-0.2, 0) is 4.79 Å². The molecule has 0 aromatic rings. The maximum Gasteiger partial charge on any atom is 0.246 e. The molecule has 4 nitrogen and oxygen atoms in total. The van der Waals surface area contributed by atoms with Crippen LogP contribution in [0.25, 0.3) is 0 Å². The summed E-state index contributed by atoms with van der Waals surface area (Å²) in [6, 6.07) is 0.417. The number of hydrogen-bond acceptors (Lipinski definition) is 3. The van der Waals surface area contributed by atoms with Gasteiger partial charge in [0.2, 0.25) is 5.91 Å². The summed E-state index contributed by atoms with van der Waals surface area (Å²) in [5.74, 6) is 2.38. The highest BCUT2D eigenvalue weighted by atomic mass is 16.2. The van der Waals surface area contributed by atoms with Crippen LogP contribution in [0.2, 0.25) is 0 Å². The lowest BCUT2D eigenvalue weighted by Gasteiger charge is -2.39. The molecule has 1 heterocycles. The smallest absolute Gasteiger partial charge is 0.246 e. The molecule has 24 heavy (non-hydrogen) atoms. The summed E-state index contributed by atoms with van der Waals surface area (Å²) in [6.45, 7) is 3.98. The molecule has 134 valence electrons. The zero-order valence-corrected chi connectivity index (χ0v) is 15.5. The van der Waals surface area contributed by atoms with E-state index in [0.29, 0.717) is 17.9 Å². The van der Waals surface area contributed by atoms with Crippen molar-refractivity contribution in [3.63, 3.8) is 0 Å². The van der Waals surface area contributed by atoms with Gasteiger partial charge in [-0.2, -0.15) is 0 Å². The molecule has 3 unspecified atom stereocenters. The SMILES string of the molecule is CN(C)C/C=C/C(=O)N(CC1CC2C=CC1C2)C1CCN(C)CC1. The fourth-order valence-corrected chi connectivity index (χ4v) is 4.54. The molecule has 0 radical (unpaired) electrons. The van der Waals surface area contributed by atoms with E-state index >= 15 is 0 Å². The Bertz CT molecular complexity index is 491. The Kier molecular flexibility index (Phi) is 5.77. The molecule has 1 aliphatic heterocycles. The molecule has 3 aliphatic rings.